The van der Waals surface area contributed by atoms with Gasteiger partial charge in [0.25, 0.3) is 5.91 Å². The number of benzene rings is 1. The molecule has 6 heteroatoms. The van der Waals surface area contributed by atoms with Gasteiger partial charge in [0, 0.05) is 18.2 Å². The Morgan fingerprint density at radius 3 is 2.91 bits per heavy atom. The fourth-order valence-corrected chi connectivity index (χ4v) is 1.70. The summed E-state index contributed by atoms with van der Waals surface area (Å²) < 4.78 is 10.3. The van der Waals surface area contributed by atoms with Crippen LogP contribution in [0.1, 0.15) is 26.2 Å². The summed E-state index contributed by atoms with van der Waals surface area (Å²) in [4.78, 5) is 27.2. The van der Waals surface area contributed by atoms with E-state index in [1.165, 1.54) is 12.2 Å². The molecular formula is C16H18N2O4. The maximum Gasteiger partial charge on any atom is 0.331 e. The van der Waals surface area contributed by atoms with E-state index in [9.17, 15) is 9.59 Å². The van der Waals surface area contributed by atoms with Gasteiger partial charge in [0.1, 0.15) is 5.52 Å². The number of ether oxygens (including phenoxy) is 1. The molecule has 2 aromatic rings. The molecule has 0 aliphatic rings. The molecule has 1 heterocycles. The summed E-state index contributed by atoms with van der Waals surface area (Å²) in [6.07, 6.45) is 3.41. The third kappa shape index (κ3) is 4.44. The number of hydrogen-bond donors (Lipinski definition) is 1. The van der Waals surface area contributed by atoms with E-state index in [1.54, 1.807) is 6.07 Å². The van der Waals surface area contributed by atoms with Gasteiger partial charge in [-0.3, -0.25) is 4.79 Å². The topological polar surface area (TPSA) is 81.4 Å². The molecule has 1 unspecified atom stereocenters. The number of para-hydroxylation sites is 2. The number of amides is 1. The van der Waals surface area contributed by atoms with Crippen molar-refractivity contribution >= 4 is 29.1 Å². The first-order valence-electron chi connectivity index (χ1n) is 7.08. The Labute approximate surface area is 128 Å². The number of oxazole rings is 1. The van der Waals surface area contributed by atoms with Crippen molar-refractivity contribution in [2.45, 2.75) is 26.3 Å². The second-order valence-corrected chi connectivity index (χ2v) is 4.84. The van der Waals surface area contributed by atoms with Crippen LogP contribution in [0.2, 0.25) is 0 Å². The van der Waals surface area contributed by atoms with E-state index in [4.69, 9.17) is 9.15 Å². The predicted molar refractivity (Wildman–Crippen MR) is 81.9 cm³/mol. The lowest BCUT2D eigenvalue weighted by molar-refractivity contribution is -0.144. The van der Waals surface area contributed by atoms with Gasteiger partial charge in [-0.15, -0.1) is 0 Å². The van der Waals surface area contributed by atoms with E-state index in [2.05, 4.69) is 10.3 Å². The number of aromatic nitrogens is 1. The van der Waals surface area contributed by atoms with Crippen LogP contribution in [0.15, 0.2) is 34.8 Å². The van der Waals surface area contributed by atoms with Crippen molar-refractivity contribution in [2.75, 3.05) is 6.61 Å². The summed E-state index contributed by atoms with van der Waals surface area (Å²) in [5.74, 6) is -0.637. The van der Waals surface area contributed by atoms with Gasteiger partial charge >= 0.3 is 5.97 Å². The van der Waals surface area contributed by atoms with Crippen molar-refractivity contribution in [3.8, 4) is 0 Å². The fraction of sp³-hybridized carbons (Fsp3) is 0.312. The van der Waals surface area contributed by atoms with E-state index in [1.807, 2.05) is 32.0 Å². The zero-order chi connectivity index (χ0) is 15.9. The van der Waals surface area contributed by atoms with Gasteiger partial charge in [-0.1, -0.05) is 19.1 Å². The van der Waals surface area contributed by atoms with Crippen LogP contribution < -0.4 is 5.32 Å². The second-order valence-electron chi connectivity index (χ2n) is 4.84. The molecule has 0 saturated carbocycles. The first-order valence-corrected chi connectivity index (χ1v) is 7.08. The maximum absolute atomic E-state index is 11.5. The monoisotopic (exact) mass is 302 g/mol. The minimum absolute atomic E-state index is 0.0569. The molecule has 1 N–H and O–H groups in total. The average molecular weight is 302 g/mol. The summed E-state index contributed by atoms with van der Waals surface area (Å²) in [5, 5.41) is 2.71. The van der Waals surface area contributed by atoms with Gasteiger partial charge in [0.2, 0.25) is 5.89 Å². The third-order valence-corrected chi connectivity index (χ3v) is 3.04. The van der Waals surface area contributed by atoms with Crippen LogP contribution in [0.5, 0.6) is 0 Å². The number of rotatable bonds is 6. The number of hydrogen-bond acceptors (Lipinski definition) is 5. The fourth-order valence-electron chi connectivity index (χ4n) is 1.70. The summed E-state index contributed by atoms with van der Waals surface area (Å²) in [6.45, 7) is 3.54. The smallest absolute Gasteiger partial charge is 0.331 e. The molecule has 0 aliphatic carbocycles. The third-order valence-electron chi connectivity index (χ3n) is 3.04. The predicted octanol–water partition coefficient (Wildman–Crippen LogP) is 2.30. The van der Waals surface area contributed by atoms with Crippen molar-refractivity contribution in [2.24, 2.45) is 0 Å². The van der Waals surface area contributed by atoms with Crippen molar-refractivity contribution in [1.82, 2.24) is 10.3 Å². The van der Waals surface area contributed by atoms with Gasteiger partial charge in [-0.05, 0) is 25.5 Å². The quantitative estimate of drug-likeness (QED) is 0.654. The molecule has 0 aliphatic heterocycles. The van der Waals surface area contributed by atoms with Crippen LogP contribution in [-0.4, -0.2) is 29.5 Å². The molecule has 2 rings (SSSR count). The molecule has 1 aromatic heterocycles. The van der Waals surface area contributed by atoms with Crippen molar-refractivity contribution in [3.05, 3.63) is 36.2 Å². The number of nitrogens with zero attached hydrogens (tertiary/aromatic N) is 1. The van der Waals surface area contributed by atoms with Gasteiger partial charge < -0.3 is 14.5 Å². The highest BCUT2D eigenvalue weighted by Crippen LogP contribution is 2.15. The Balaban J connectivity index is 1.85. The molecule has 6 nitrogen and oxygen atoms in total. The standard InChI is InChI=1S/C16H18N2O4/c1-3-11(2)17-14(19)10-21-16(20)9-8-15-18-12-6-4-5-7-13(12)22-15/h4-9,11H,3,10H2,1-2H3,(H,17,19)/b9-8+. The highest BCUT2D eigenvalue weighted by atomic mass is 16.5. The second kappa shape index (κ2) is 7.40. The lowest BCUT2D eigenvalue weighted by Crippen LogP contribution is -2.35. The minimum Gasteiger partial charge on any atom is -0.452 e. The van der Waals surface area contributed by atoms with E-state index in [0.29, 0.717) is 17.0 Å². The van der Waals surface area contributed by atoms with Crippen LogP contribution in [0.25, 0.3) is 17.2 Å². The number of nitrogens with one attached hydrogen (secondary N) is 1. The number of carbonyl (C=O) groups is 2. The average Bonchev–Trinajstić information content (AvgIpc) is 2.93. The van der Waals surface area contributed by atoms with Gasteiger partial charge in [-0.25, -0.2) is 9.78 Å². The Morgan fingerprint density at radius 2 is 2.18 bits per heavy atom. The lowest BCUT2D eigenvalue weighted by atomic mass is 10.2. The molecule has 0 bridgehead atoms. The largest absolute Gasteiger partial charge is 0.452 e. The molecule has 1 amide bonds. The molecular weight excluding hydrogens is 284 g/mol. The summed E-state index contributed by atoms with van der Waals surface area (Å²) in [7, 11) is 0. The SMILES string of the molecule is CCC(C)NC(=O)COC(=O)/C=C/c1nc2ccccc2o1. The number of esters is 1. The lowest BCUT2D eigenvalue weighted by Gasteiger charge is -2.10. The Bertz CT molecular complexity index is 657. The molecule has 0 saturated heterocycles. The van der Waals surface area contributed by atoms with E-state index < -0.39 is 5.97 Å². The highest BCUT2D eigenvalue weighted by molar-refractivity contribution is 5.89. The molecule has 0 fully saturated rings. The Hall–Kier alpha value is -2.63. The van der Waals surface area contributed by atoms with Crippen LogP contribution in [0.4, 0.5) is 0 Å². The molecule has 22 heavy (non-hydrogen) atoms. The van der Waals surface area contributed by atoms with Crippen LogP contribution >= 0.6 is 0 Å². The van der Waals surface area contributed by atoms with Crippen molar-refractivity contribution < 1.29 is 18.7 Å². The highest BCUT2D eigenvalue weighted by Gasteiger charge is 2.08. The van der Waals surface area contributed by atoms with Crippen molar-refractivity contribution in [3.63, 3.8) is 0 Å². The molecule has 116 valence electrons. The van der Waals surface area contributed by atoms with E-state index in [0.717, 1.165) is 6.42 Å². The van der Waals surface area contributed by atoms with Crippen LogP contribution in [-0.2, 0) is 14.3 Å². The van der Waals surface area contributed by atoms with E-state index >= 15 is 0 Å². The number of carbonyl (C=O) groups excluding carboxylic acids is 2. The summed E-state index contributed by atoms with van der Waals surface area (Å²) >= 11 is 0. The zero-order valence-corrected chi connectivity index (χ0v) is 12.5. The normalized spacial score (nSPS) is 12.5. The minimum atomic E-state index is -0.624. The molecule has 1 atom stereocenters. The van der Waals surface area contributed by atoms with Gasteiger partial charge in [0.05, 0.1) is 0 Å². The molecule has 1 aromatic carbocycles. The molecule has 0 radical (unpaired) electrons. The Morgan fingerprint density at radius 1 is 1.41 bits per heavy atom. The first kappa shape index (κ1) is 15.8. The van der Waals surface area contributed by atoms with E-state index in [-0.39, 0.29) is 18.6 Å². The first-order chi connectivity index (χ1) is 10.6. The van der Waals surface area contributed by atoms with Gasteiger partial charge in [-0.2, -0.15) is 0 Å². The molecule has 0 spiro atoms. The van der Waals surface area contributed by atoms with Crippen LogP contribution in [0.3, 0.4) is 0 Å². The van der Waals surface area contributed by atoms with Gasteiger partial charge in [0.15, 0.2) is 12.2 Å². The summed E-state index contributed by atoms with van der Waals surface area (Å²) in [6, 6.07) is 7.35. The maximum atomic E-state index is 11.5. The van der Waals surface area contributed by atoms with Crippen molar-refractivity contribution in [1.29, 1.82) is 0 Å². The summed E-state index contributed by atoms with van der Waals surface area (Å²) in [5.41, 5.74) is 1.35. The van der Waals surface area contributed by atoms with Crippen LogP contribution in [0, 0.1) is 0 Å². The zero-order valence-electron chi connectivity index (χ0n) is 12.5. The number of fused-ring (bicyclic) bond motifs is 1. The Kier molecular flexibility index (Phi) is 5.30.